The Kier molecular flexibility index (Phi) is 2.08. The molecule has 4 nitrogen and oxygen atoms in total. The standard InChI is InChI=1S/C13H10N2O2/c1-17-11-3-4-12-9(6-11)2-5-13-14-10(8-16)7-15(12)13/h2-8H,1H3. The van der Waals surface area contributed by atoms with Gasteiger partial charge in [0.05, 0.1) is 12.6 Å². The van der Waals surface area contributed by atoms with Gasteiger partial charge in [0.15, 0.2) is 6.29 Å². The fourth-order valence-corrected chi connectivity index (χ4v) is 1.96. The second-order valence-corrected chi connectivity index (χ2v) is 3.77. The number of pyridine rings is 1. The first-order valence-electron chi connectivity index (χ1n) is 5.23. The molecule has 0 amide bonds. The van der Waals surface area contributed by atoms with Crippen molar-refractivity contribution >= 4 is 22.8 Å². The van der Waals surface area contributed by atoms with Crippen molar-refractivity contribution in [2.45, 2.75) is 0 Å². The molecule has 0 saturated carbocycles. The molecule has 0 unspecified atom stereocenters. The second-order valence-electron chi connectivity index (χ2n) is 3.77. The molecular weight excluding hydrogens is 216 g/mol. The van der Waals surface area contributed by atoms with Crippen molar-refractivity contribution in [1.82, 2.24) is 9.38 Å². The molecule has 0 N–H and O–H groups in total. The minimum absolute atomic E-state index is 0.438. The van der Waals surface area contributed by atoms with Gasteiger partial charge in [0.1, 0.15) is 17.1 Å². The molecule has 0 aliphatic rings. The molecular formula is C13H10N2O2. The van der Waals surface area contributed by atoms with E-state index in [1.165, 1.54) is 0 Å². The van der Waals surface area contributed by atoms with Gasteiger partial charge in [-0.1, -0.05) is 0 Å². The number of nitrogens with zero attached hydrogens (tertiary/aromatic N) is 2. The van der Waals surface area contributed by atoms with Crippen LogP contribution in [0.25, 0.3) is 16.6 Å². The molecule has 0 atom stereocenters. The third kappa shape index (κ3) is 1.45. The van der Waals surface area contributed by atoms with Crippen LogP contribution in [0.15, 0.2) is 36.5 Å². The van der Waals surface area contributed by atoms with Crippen molar-refractivity contribution in [3.63, 3.8) is 0 Å². The molecule has 0 fully saturated rings. The van der Waals surface area contributed by atoms with Gasteiger partial charge >= 0.3 is 0 Å². The predicted molar refractivity (Wildman–Crippen MR) is 64.6 cm³/mol. The number of aromatic nitrogens is 2. The number of hydrogen-bond acceptors (Lipinski definition) is 3. The van der Waals surface area contributed by atoms with Gasteiger partial charge in [-0.25, -0.2) is 4.98 Å². The minimum atomic E-state index is 0.438. The largest absolute Gasteiger partial charge is 0.497 e. The van der Waals surface area contributed by atoms with E-state index in [0.29, 0.717) is 5.69 Å². The number of benzene rings is 1. The van der Waals surface area contributed by atoms with Crippen molar-refractivity contribution in [3.05, 3.63) is 42.2 Å². The smallest absolute Gasteiger partial charge is 0.170 e. The Labute approximate surface area is 97.5 Å². The Morgan fingerprint density at radius 2 is 2.18 bits per heavy atom. The number of carbonyl (C=O) groups excluding carboxylic acids is 1. The summed E-state index contributed by atoms with van der Waals surface area (Å²) in [5.74, 6) is 0.813. The zero-order chi connectivity index (χ0) is 11.8. The molecule has 84 valence electrons. The molecule has 0 radical (unpaired) electrons. The fraction of sp³-hybridized carbons (Fsp3) is 0.0769. The molecule has 0 aliphatic heterocycles. The van der Waals surface area contributed by atoms with Gasteiger partial charge < -0.3 is 4.74 Å². The number of imidazole rings is 1. The maximum atomic E-state index is 10.7. The van der Waals surface area contributed by atoms with Crippen molar-refractivity contribution in [3.8, 4) is 5.75 Å². The monoisotopic (exact) mass is 226 g/mol. The molecule has 0 saturated heterocycles. The highest BCUT2D eigenvalue weighted by Gasteiger charge is 2.04. The molecule has 0 spiro atoms. The average molecular weight is 226 g/mol. The second kappa shape index (κ2) is 3.59. The van der Waals surface area contributed by atoms with E-state index in [0.717, 1.165) is 28.6 Å². The lowest BCUT2D eigenvalue weighted by atomic mass is 10.2. The van der Waals surface area contributed by atoms with Gasteiger partial charge in [-0.15, -0.1) is 0 Å². The maximum Gasteiger partial charge on any atom is 0.170 e. The van der Waals surface area contributed by atoms with Crippen molar-refractivity contribution in [1.29, 1.82) is 0 Å². The third-order valence-corrected chi connectivity index (χ3v) is 2.78. The van der Waals surface area contributed by atoms with E-state index in [1.54, 1.807) is 13.3 Å². The van der Waals surface area contributed by atoms with Gasteiger partial charge in [-0.3, -0.25) is 9.20 Å². The average Bonchev–Trinajstić information content (AvgIpc) is 2.81. The summed E-state index contributed by atoms with van der Waals surface area (Å²) < 4.78 is 7.08. The molecule has 0 bridgehead atoms. The summed E-state index contributed by atoms with van der Waals surface area (Å²) in [4.78, 5) is 14.9. The van der Waals surface area contributed by atoms with Crippen molar-refractivity contribution < 1.29 is 9.53 Å². The molecule has 2 heterocycles. The van der Waals surface area contributed by atoms with E-state index in [-0.39, 0.29) is 0 Å². The Morgan fingerprint density at radius 3 is 2.94 bits per heavy atom. The number of rotatable bonds is 2. The summed E-state index contributed by atoms with van der Waals surface area (Å²) >= 11 is 0. The van der Waals surface area contributed by atoms with Crippen molar-refractivity contribution in [2.75, 3.05) is 7.11 Å². The van der Waals surface area contributed by atoms with Crippen LogP contribution in [0, 0.1) is 0 Å². The SMILES string of the molecule is COc1ccc2c(ccc3nc(C=O)cn32)c1. The maximum absolute atomic E-state index is 10.7. The van der Waals surface area contributed by atoms with E-state index < -0.39 is 0 Å². The summed E-state index contributed by atoms with van der Waals surface area (Å²) in [6, 6.07) is 9.65. The van der Waals surface area contributed by atoms with Crippen LogP contribution in [0.2, 0.25) is 0 Å². The van der Waals surface area contributed by atoms with Gasteiger partial charge in [0, 0.05) is 11.6 Å². The summed E-state index contributed by atoms with van der Waals surface area (Å²) in [6.45, 7) is 0. The Morgan fingerprint density at radius 1 is 1.29 bits per heavy atom. The highest BCUT2D eigenvalue weighted by atomic mass is 16.5. The van der Waals surface area contributed by atoms with Crippen LogP contribution >= 0.6 is 0 Å². The van der Waals surface area contributed by atoms with E-state index >= 15 is 0 Å². The van der Waals surface area contributed by atoms with Crippen LogP contribution in [0.3, 0.4) is 0 Å². The minimum Gasteiger partial charge on any atom is -0.497 e. The molecule has 0 aliphatic carbocycles. The van der Waals surface area contributed by atoms with Crippen LogP contribution < -0.4 is 4.74 Å². The molecule has 3 rings (SSSR count). The highest BCUT2D eigenvalue weighted by Crippen LogP contribution is 2.22. The Hall–Kier alpha value is -2.36. The first kappa shape index (κ1) is 9.84. The van der Waals surface area contributed by atoms with Gasteiger partial charge in [-0.05, 0) is 30.3 Å². The van der Waals surface area contributed by atoms with Crippen molar-refractivity contribution in [2.24, 2.45) is 0 Å². The number of hydrogen-bond donors (Lipinski definition) is 0. The van der Waals surface area contributed by atoms with Crippen LogP contribution in [0.4, 0.5) is 0 Å². The lowest BCUT2D eigenvalue weighted by molar-refractivity contribution is 0.111. The van der Waals surface area contributed by atoms with E-state index in [9.17, 15) is 4.79 Å². The Balaban J connectivity index is 2.38. The Bertz CT molecular complexity index is 716. The summed E-state index contributed by atoms with van der Waals surface area (Å²) in [7, 11) is 1.64. The highest BCUT2D eigenvalue weighted by molar-refractivity contribution is 5.84. The van der Waals surface area contributed by atoms with E-state index in [2.05, 4.69) is 4.98 Å². The quantitative estimate of drug-likeness (QED) is 0.630. The first-order chi connectivity index (χ1) is 8.31. The summed E-state index contributed by atoms with van der Waals surface area (Å²) in [5.41, 5.74) is 2.21. The third-order valence-electron chi connectivity index (χ3n) is 2.78. The molecule has 1 aromatic carbocycles. The lowest BCUT2D eigenvalue weighted by Crippen LogP contribution is -1.88. The fourth-order valence-electron chi connectivity index (χ4n) is 1.96. The number of fused-ring (bicyclic) bond motifs is 3. The first-order valence-corrected chi connectivity index (χ1v) is 5.23. The number of carbonyl (C=O) groups is 1. The zero-order valence-corrected chi connectivity index (χ0v) is 9.25. The van der Waals surface area contributed by atoms with Gasteiger partial charge in [0.25, 0.3) is 0 Å². The van der Waals surface area contributed by atoms with Gasteiger partial charge in [-0.2, -0.15) is 0 Å². The molecule has 4 heteroatoms. The van der Waals surface area contributed by atoms with E-state index in [1.807, 2.05) is 34.7 Å². The summed E-state index contributed by atoms with van der Waals surface area (Å²) in [5, 5.41) is 1.05. The number of aldehydes is 1. The normalized spacial score (nSPS) is 10.9. The van der Waals surface area contributed by atoms with E-state index in [4.69, 9.17) is 4.74 Å². The van der Waals surface area contributed by atoms with Crippen LogP contribution in [-0.4, -0.2) is 22.8 Å². The summed E-state index contributed by atoms with van der Waals surface area (Å²) in [6.07, 6.45) is 2.49. The molecule has 2 aromatic heterocycles. The number of ether oxygens (including phenoxy) is 1. The molecule has 17 heavy (non-hydrogen) atoms. The zero-order valence-electron chi connectivity index (χ0n) is 9.25. The predicted octanol–water partition coefficient (Wildman–Crippen LogP) is 2.31. The lowest BCUT2D eigenvalue weighted by Gasteiger charge is -2.04. The van der Waals surface area contributed by atoms with Crippen LogP contribution in [0.1, 0.15) is 10.5 Å². The van der Waals surface area contributed by atoms with Crippen LogP contribution in [-0.2, 0) is 0 Å². The van der Waals surface area contributed by atoms with Crippen LogP contribution in [0.5, 0.6) is 5.75 Å². The van der Waals surface area contributed by atoms with Gasteiger partial charge in [0.2, 0.25) is 0 Å². The topological polar surface area (TPSA) is 43.6 Å². The molecule has 3 aromatic rings. The number of methoxy groups -OCH3 is 1.